The van der Waals surface area contributed by atoms with Gasteiger partial charge in [-0.2, -0.15) is 0 Å². The summed E-state index contributed by atoms with van der Waals surface area (Å²) in [5, 5.41) is 13.0. The van der Waals surface area contributed by atoms with E-state index in [9.17, 15) is 9.90 Å². The predicted molar refractivity (Wildman–Crippen MR) is 82.4 cm³/mol. The number of carboxylic acid groups (broad SMARTS) is 1. The normalized spacial score (nSPS) is 26.2. The van der Waals surface area contributed by atoms with Crippen LogP contribution in [0.3, 0.4) is 0 Å². The van der Waals surface area contributed by atoms with Crippen LogP contribution in [0.15, 0.2) is 12.4 Å². The molecular formula is C16H27N3O2. The second-order valence-electron chi connectivity index (χ2n) is 6.44. The zero-order chi connectivity index (χ0) is 15.5. The molecule has 0 radical (unpaired) electrons. The van der Waals surface area contributed by atoms with Crippen LogP contribution in [-0.4, -0.2) is 32.2 Å². The standard InChI is InChI=1S/C16H27N3O2/c1-4-6-14-17-9-10-19(14)13-7-5-8-16(11-13,15(20)21)18-12(2)3/h9-10,12-13,18H,4-8,11H2,1-3H3,(H,20,21). The minimum Gasteiger partial charge on any atom is -0.480 e. The molecule has 1 aromatic rings. The van der Waals surface area contributed by atoms with Crippen LogP contribution in [-0.2, 0) is 11.2 Å². The Kier molecular flexibility index (Phi) is 5.04. The highest BCUT2D eigenvalue weighted by molar-refractivity contribution is 5.79. The summed E-state index contributed by atoms with van der Waals surface area (Å²) < 4.78 is 2.20. The smallest absolute Gasteiger partial charge is 0.323 e. The van der Waals surface area contributed by atoms with Gasteiger partial charge >= 0.3 is 5.97 Å². The van der Waals surface area contributed by atoms with E-state index in [1.165, 1.54) is 0 Å². The van der Waals surface area contributed by atoms with Gasteiger partial charge in [0.15, 0.2) is 0 Å². The summed E-state index contributed by atoms with van der Waals surface area (Å²) >= 11 is 0. The second kappa shape index (κ2) is 6.60. The number of carbonyl (C=O) groups is 1. The van der Waals surface area contributed by atoms with Crippen molar-refractivity contribution in [3.63, 3.8) is 0 Å². The van der Waals surface area contributed by atoms with E-state index >= 15 is 0 Å². The van der Waals surface area contributed by atoms with E-state index in [1.807, 2.05) is 26.2 Å². The van der Waals surface area contributed by atoms with Crippen molar-refractivity contribution in [2.24, 2.45) is 0 Å². The van der Waals surface area contributed by atoms with E-state index < -0.39 is 11.5 Å². The van der Waals surface area contributed by atoms with Crippen LogP contribution in [0.5, 0.6) is 0 Å². The lowest BCUT2D eigenvalue weighted by Crippen LogP contribution is -2.57. The number of rotatable bonds is 6. The molecule has 0 spiro atoms. The topological polar surface area (TPSA) is 67.2 Å². The Labute approximate surface area is 126 Å². The van der Waals surface area contributed by atoms with E-state index in [1.54, 1.807) is 0 Å². The molecule has 0 saturated heterocycles. The second-order valence-corrected chi connectivity index (χ2v) is 6.44. The molecule has 1 aliphatic rings. The molecule has 0 aliphatic heterocycles. The summed E-state index contributed by atoms with van der Waals surface area (Å²) in [5.41, 5.74) is -0.801. The van der Waals surface area contributed by atoms with Gasteiger partial charge in [-0.1, -0.05) is 6.92 Å². The zero-order valence-corrected chi connectivity index (χ0v) is 13.3. The minimum absolute atomic E-state index is 0.165. The van der Waals surface area contributed by atoms with E-state index in [0.29, 0.717) is 12.8 Å². The van der Waals surface area contributed by atoms with Gasteiger partial charge in [0, 0.05) is 30.9 Å². The van der Waals surface area contributed by atoms with E-state index in [2.05, 4.69) is 21.8 Å². The molecule has 0 amide bonds. The van der Waals surface area contributed by atoms with Gasteiger partial charge in [0.25, 0.3) is 0 Å². The van der Waals surface area contributed by atoms with Crippen LogP contribution in [0, 0.1) is 0 Å². The van der Waals surface area contributed by atoms with Crippen molar-refractivity contribution in [3.8, 4) is 0 Å². The third kappa shape index (κ3) is 3.46. The Hall–Kier alpha value is -1.36. The first-order valence-corrected chi connectivity index (χ1v) is 8.01. The summed E-state index contributed by atoms with van der Waals surface area (Å²) in [6.45, 7) is 6.16. The molecule has 2 N–H and O–H groups in total. The van der Waals surface area contributed by atoms with Crippen LogP contribution in [0.1, 0.15) is 64.7 Å². The SMILES string of the molecule is CCCc1nccn1C1CCCC(NC(C)C)(C(=O)O)C1. The Balaban J connectivity index is 2.22. The molecule has 1 heterocycles. The third-order valence-electron chi connectivity index (χ3n) is 4.32. The quantitative estimate of drug-likeness (QED) is 0.846. The van der Waals surface area contributed by atoms with E-state index in [-0.39, 0.29) is 12.1 Å². The van der Waals surface area contributed by atoms with Gasteiger partial charge in [-0.15, -0.1) is 0 Å². The fourth-order valence-electron chi connectivity index (χ4n) is 3.52. The minimum atomic E-state index is -0.801. The molecular weight excluding hydrogens is 266 g/mol. The van der Waals surface area contributed by atoms with Gasteiger partial charge in [-0.3, -0.25) is 10.1 Å². The first-order chi connectivity index (χ1) is 9.98. The van der Waals surface area contributed by atoms with Crippen LogP contribution >= 0.6 is 0 Å². The van der Waals surface area contributed by atoms with Gasteiger partial charge in [0.2, 0.25) is 0 Å². The molecule has 0 bridgehead atoms. The van der Waals surface area contributed by atoms with Gasteiger partial charge in [0.1, 0.15) is 11.4 Å². The first-order valence-electron chi connectivity index (χ1n) is 8.01. The van der Waals surface area contributed by atoms with Crippen LogP contribution in [0.25, 0.3) is 0 Å². The Morgan fingerprint density at radius 2 is 2.38 bits per heavy atom. The summed E-state index contributed by atoms with van der Waals surface area (Å²) in [5.74, 6) is 0.353. The monoisotopic (exact) mass is 293 g/mol. The summed E-state index contributed by atoms with van der Waals surface area (Å²) in [6.07, 6.45) is 9.13. The fraction of sp³-hybridized carbons (Fsp3) is 0.750. The predicted octanol–water partition coefficient (Wildman–Crippen LogP) is 2.77. The molecule has 2 unspecified atom stereocenters. The largest absolute Gasteiger partial charge is 0.480 e. The fourth-order valence-corrected chi connectivity index (χ4v) is 3.52. The van der Waals surface area contributed by atoms with Crippen molar-refractivity contribution in [1.29, 1.82) is 0 Å². The molecule has 1 saturated carbocycles. The number of carboxylic acids is 1. The van der Waals surface area contributed by atoms with Crippen molar-refractivity contribution in [2.45, 2.75) is 76.9 Å². The zero-order valence-electron chi connectivity index (χ0n) is 13.3. The van der Waals surface area contributed by atoms with Crippen molar-refractivity contribution >= 4 is 5.97 Å². The lowest BCUT2D eigenvalue weighted by atomic mass is 9.78. The molecule has 2 rings (SSSR count). The van der Waals surface area contributed by atoms with Crippen molar-refractivity contribution < 1.29 is 9.90 Å². The Morgan fingerprint density at radius 1 is 1.62 bits per heavy atom. The maximum atomic E-state index is 11.9. The lowest BCUT2D eigenvalue weighted by Gasteiger charge is -2.40. The summed E-state index contributed by atoms with van der Waals surface area (Å²) in [6, 6.07) is 0.392. The van der Waals surface area contributed by atoms with Gasteiger partial charge in [0.05, 0.1) is 0 Å². The maximum absolute atomic E-state index is 11.9. The Bertz CT molecular complexity index is 484. The Morgan fingerprint density at radius 3 is 3.00 bits per heavy atom. The molecule has 2 atom stereocenters. The van der Waals surface area contributed by atoms with E-state index in [4.69, 9.17) is 0 Å². The summed E-state index contributed by atoms with van der Waals surface area (Å²) in [4.78, 5) is 16.3. The molecule has 21 heavy (non-hydrogen) atoms. The van der Waals surface area contributed by atoms with Gasteiger partial charge in [-0.25, -0.2) is 4.98 Å². The van der Waals surface area contributed by atoms with Crippen molar-refractivity contribution in [3.05, 3.63) is 18.2 Å². The van der Waals surface area contributed by atoms with Gasteiger partial charge in [-0.05, 0) is 46.0 Å². The molecule has 1 aliphatic carbocycles. The number of aromatic nitrogens is 2. The third-order valence-corrected chi connectivity index (χ3v) is 4.32. The van der Waals surface area contributed by atoms with Crippen molar-refractivity contribution in [2.75, 3.05) is 0 Å². The highest BCUT2D eigenvalue weighted by atomic mass is 16.4. The molecule has 0 aromatic carbocycles. The van der Waals surface area contributed by atoms with Crippen LogP contribution < -0.4 is 5.32 Å². The average Bonchev–Trinajstić information content (AvgIpc) is 2.87. The number of hydrogen-bond acceptors (Lipinski definition) is 3. The van der Waals surface area contributed by atoms with E-state index in [0.717, 1.165) is 31.5 Å². The molecule has 118 valence electrons. The molecule has 5 nitrogen and oxygen atoms in total. The number of nitrogens with one attached hydrogen (secondary N) is 1. The van der Waals surface area contributed by atoms with Crippen LogP contribution in [0.2, 0.25) is 0 Å². The number of nitrogens with zero attached hydrogens (tertiary/aromatic N) is 2. The van der Waals surface area contributed by atoms with Crippen molar-refractivity contribution in [1.82, 2.24) is 14.9 Å². The number of aryl methyl sites for hydroxylation is 1. The molecule has 1 fully saturated rings. The number of imidazole rings is 1. The first kappa shape index (κ1) is 16.0. The number of hydrogen-bond donors (Lipinski definition) is 2. The summed E-state index contributed by atoms with van der Waals surface area (Å²) in [7, 11) is 0. The highest BCUT2D eigenvalue weighted by Gasteiger charge is 2.43. The average molecular weight is 293 g/mol. The molecule has 1 aromatic heterocycles. The lowest BCUT2D eigenvalue weighted by molar-refractivity contribution is -0.147. The molecule has 5 heteroatoms. The highest BCUT2D eigenvalue weighted by Crippen LogP contribution is 2.36. The number of aliphatic carboxylic acids is 1. The van der Waals surface area contributed by atoms with Gasteiger partial charge < -0.3 is 9.67 Å². The maximum Gasteiger partial charge on any atom is 0.323 e. The van der Waals surface area contributed by atoms with Crippen LogP contribution in [0.4, 0.5) is 0 Å².